The van der Waals surface area contributed by atoms with E-state index in [1.54, 1.807) is 4.57 Å². The number of nitrogens with zero attached hydrogens (tertiary/aromatic N) is 2. The van der Waals surface area contributed by atoms with Crippen LogP contribution in [0.4, 0.5) is 0 Å². The van der Waals surface area contributed by atoms with Crippen molar-refractivity contribution >= 4 is 11.9 Å². The highest BCUT2D eigenvalue weighted by molar-refractivity contribution is 5.84. The number of aromatic nitrogens is 2. The number of hydrogen-bond donors (Lipinski definition) is 2. The number of carbonyl (C=O) groups is 2. The topological polar surface area (TPSA) is 84.2 Å². The quantitative estimate of drug-likeness (QED) is 0.724. The van der Waals surface area contributed by atoms with E-state index in [0.29, 0.717) is 13.1 Å². The van der Waals surface area contributed by atoms with Crippen molar-refractivity contribution < 1.29 is 14.7 Å². The molecule has 0 unspecified atom stereocenters. The second-order valence-electron chi connectivity index (χ2n) is 4.87. The lowest BCUT2D eigenvalue weighted by Gasteiger charge is -2.15. The molecule has 0 aliphatic rings. The van der Waals surface area contributed by atoms with Crippen LogP contribution in [-0.4, -0.2) is 33.1 Å². The van der Waals surface area contributed by atoms with Gasteiger partial charge in [0.15, 0.2) is 5.69 Å². The summed E-state index contributed by atoms with van der Waals surface area (Å²) in [4.78, 5) is 26.4. The molecule has 1 amide bonds. The Morgan fingerprint density at radius 2 is 2.00 bits per heavy atom. The zero-order valence-corrected chi connectivity index (χ0v) is 12.1. The van der Waals surface area contributed by atoms with Crippen molar-refractivity contribution in [1.82, 2.24) is 14.9 Å². The molecule has 6 nitrogen and oxygen atoms in total. The first-order valence-corrected chi connectivity index (χ1v) is 7.11. The SMILES string of the molecule is CCCC(CCC)C(=O)NCCn1cnc(C(=O)O)c1. The van der Waals surface area contributed by atoms with Crippen LogP contribution in [-0.2, 0) is 11.3 Å². The highest BCUT2D eigenvalue weighted by Crippen LogP contribution is 2.13. The van der Waals surface area contributed by atoms with Crippen molar-refractivity contribution in [1.29, 1.82) is 0 Å². The molecule has 0 aliphatic carbocycles. The molecule has 1 aromatic heterocycles. The third-order valence-electron chi connectivity index (χ3n) is 3.17. The molecule has 1 heterocycles. The van der Waals surface area contributed by atoms with Crippen LogP contribution in [0.5, 0.6) is 0 Å². The zero-order chi connectivity index (χ0) is 15.0. The fourth-order valence-electron chi connectivity index (χ4n) is 2.15. The average Bonchev–Trinajstić information content (AvgIpc) is 2.87. The van der Waals surface area contributed by atoms with Gasteiger partial charge in [0, 0.05) is 25.2 Å². The predicted octanol–water partition coefficient (Wildman–Crippen LogP) is 1.91. The Bertz CT molecular complexity index is 437. The number of carbonyl (C=O) groups excluding carboxylic acids is 1. The Morgan fingerprint density at radius 1 is 1.35 bits per heavy atom. The normalized spacial score (nSPS) is 10.8. The molecular formula is C14H23N3O3. The van der Waals surface area contributed by atoms with Gasteiger partial charge in [0.25, 0.3) is 0 Å². The summed E-state index contributed by atoms with van der Waals surface area (Å²) in [5.74, 6) is -0.867. The molecule has 0 fully saturated rings. The Hall–Kier alpha value is -1.85. The maximum absolute atomic E-state index is 12.0. The van der Waals surface area contributed by atoms with Crippen LogP contribution < -0.4 is 5.32 Å². The molecular weight excluding hydrogens is 258 g/mol. The number of imidazole rings is 1. The summed E-state index contributed by atoms with van der Waals surface area (Å²) in [6, 6.07) is 0. The van der Waals surface area contributed by atoms with Gasteiger partial charge in [-0.1, -0.05) is 26.7 Å². The predicted molar refractivity (Wildman–Crippen MR) is 75.5 cm³/mol. The number of aromatic carboxylic acids is 1. The van der Waals surface area contributed by atoms with E-state index in [-0.39, 0.29) is 17.5 Å². The molecule has 2 N–H and O–H groups in total. The maximum Gasteiger partial charge on any atom is 0.356 e. The average molecular weight is 281 g/mol. The highest BCUT2D eigenvalue weighted by atomic mass is 16.4. The van der Waals surface area contributed by atoms with Gasteiger partial charge in [0.2, 0.25) is 5.91 Å². The monoisotopic (exact) mass is 281 g/mol. The van der Waals surface area contributed by atoms with Gasteiger partial charge >= 0.3 is 5.97 Å². The zero-order valence-electron chi connectivity index (χ0n) is 12.1. The number of amides is 1. The third-order valence-corrected chi connectivity index (χ3v) is 3.17. The molecule has 0 bridgehead atoms. The lowest BCUT2D eigenvalue weighted by atomic mass is 9.97. The van der Waals surface area contributed by atoms with Crippen LogP contribution in [0.15, 0.2) is 12.5 Å². The summed E-state index contributed by atoms with van der Waals surface area (Å²) in [6.45, 7) is 5.17. The third kappa shape index (κ3) is 5.03. The van der Waals surface area contributed by atoms with E-state index in [1.807, 2.05) is 0 Å². The molecule has 0 spiro atoms. The second-order valence-corrected chi connectivity index (χ2v) is 4.87. The maximum atomic E-state index is 12.0. The number of carboxylic acid groups (broad SMARTS) is 1. The lowest BCUT2D eigenvalue weighted by molar-refractivity contribution is -0.125. The Kier molecular flexibility index (Phi) is 6.76. The Morgan fingerprint density at radius 3 is 2.50 bits per heavy atom. The van der Waals surface area contributed by atoms with Gasteiger partial charge in [-0.25, -0.2) is 9.78 Å². The first kappa shape index (κ1) is 16.2. The molecule has 6 heteroatoms. The molecule has 0 atom stereocenters. The summed E-state index contributed by atoms with van der Waals surface area (Å²) >= 11 is 0. The van der Waals surface area contributed by atoms with Crippen molar-refractivity contribution in [2.24, 2.45) is 5.92 Å². The summed E-state index contributed by atoms with van der Waals surface area (Å²) < 4.78 is 1.67. The fraction of sp³-hybridized carbons (Fsp3) is 0.643. The van der Waals surface area contributed by atoms with Gasteiger partial charge in [-0.15, -0.1) is 0 Å². The Labute approximate surface area is 119 Å². The van der Waals surface area contributed by atoms with Crippen molar-refractivity contribution in [2.45, 2.75) is 46.1 Å². The van der Waals surface area contributed by atoms with Crippen molar-refractivity contribution in [2.75, 3.05) is 6.54 Å². The minimum atomic E-state index is -1.04. The molecule has 0 aromatic carbocycles. The van der Waals surface area contributed by atoms with Gasteiger partial charge in [-0.05, 0) is 12.8 Å². The van der Waals surface area contributed by atoms with Crippen LogP contribution in [0.2, 0.25) is 0 Å². The second kappa shape index (κ2) is 8.35. The molecule has 1 rings (SSSR count). The van der Waals surface area contributed by atoms with E-state index in [4.69, 9.17) is 5.11 Å². The number of hydrogen-bond acceptors (Lipinski definition) is 3. The van der Waals surface area contributed by atoms with Crippen LogP contribution in [0.1, 0.15) is 50.0 Å². The van der Waals surface area contributed by atoms with Gasteiger partial charge in [-0.2, -0.15) is 0 Å². The minimum Gasteiger partial charge on any atom is -0.476 e. The molecule has 0 saturated carbocycles. The van der Waals surface area contributed by atoms with Crippen LogP contribution in [0.25, 0.3) is 0 Å². The van der Waals surface area contributed by atoms with Crippen LogP contribution in [0.3, 0.4) is 0 Å². The Balaban J connectivity index is 2.38. The fourth-order valence-corrected chi connectivity index (χ4v) is 2.15. The first-order chi connectivity index (χ1) is 9.58. The van der Waals surface area contributed by atoms with Gasteiger partial charge in [0.1, 0.15) is 0 Å². The van der Waals surface area contributed by atoms with Crippen LogP contribution in [0, 0.1) is 5.92 Å². The molecule has 0 aliphatic heterocycles. The van der Waals surface area contributed by atoms with E-state index in [9.17, 15) is 9.59 Å². The molecule has 0 radical (unpaired) electrons. The van der Waals surface area contributed by atoms with Gasteiger partial charge in [0.05, 0.1) is 6.33 Å². The smallest absolute Gasteiger partial charge is 0.356 e. The largest absolute Gasteiger partial charge is 0.476 e. The first-order valence-electron chi connectivity index (χ1n) is 7.11. The van der Waals surface area contributed by atoms with E-state index in [1.165, 1.54) is 12.5 Å². The minimum absolute atomic E-state index is 0.0196. The van der Waals surface area contributed by atoms with E-state index < -0.39 is 5.97 Å². The van der Waals surface area contributed by atoms with Crippen molar-refractivity contribution in [3.8, 4) is 0 Å². The van der Waals surface area contributed by atoms with E-state index >= 15 is 0 Å². The number of carboxylic acids is 1. The van der Waals surface area contributed by atoms with Gasteiger partial charge < -0.3 is 15.0 Å². The standard InChI is InChI=1S/C14H23N3O3/c1-3-5-11(6-4-2)13(18)15-7-8-17-9-12(14(19)20)16-10-17/h9-11H,3-8H2,1-2H3,(H,15,18)(H,19,20). The summed E-state index contributed by atoms with van der Waals surface area (Å²) in [6.07, 6.45) is 6.75. The van der Waals surface area contributed by atoms with E-state index in [2.05, 4.69) is 24.1 Å². The molecule has 112 valence electrons. The summed E-state index contributed by atoms with van der Waals surface area (Å²) in [5, 5.41) is 11.7. The molecule has 1 aromatic rings. The van der Waals surface area contributed by atoms with Crippen molar-refractivity contribution in [3.63, 3.8) is 0 Å². The number of nitrogens with one attached hydrogen (secondary N) is 1. The van der Waals surface area contributed by atoms with E-state index in [0.717, 1.165) is 25.7 Å². The lowest BCUT2D eigenvalue weighted by Crippen LogP contribution is -2.33. The molecule has 20 heavy (non-hydrogen) atoms. The number of rotatable bonds is 9. The van der Waals surface area contributed by atoms with Crippen LogP contribution >= 0.6 is 0 Å². The van der Waals surface area contributed by atoms with Gasteiger partial charge in [-0.3, -0.25) is 4.79 Å². The van der Waals surface area contributed by atoms with Crippen molar-refractivity contribution in [3.05, 3.63) is 18.2 Å². The summed E-state index contributed by atoms with van der Waals surface area (Å²) in [5.41, 5.74) is 0.0196. The molecule has 0 saturated heterocycles. The highest BCUT2D eigenvalue weighted by Gasteiger charge is 2.15. The summed E-state index contributed by atoms with van der Waals surface area (Å²) in [7, 11) is 0.